The molecule has 1 aromatic heterocycles. The second-order valence-electron chi connectivity index (χ2n) is 4.73. The first-order valence-corrected chi connectivity index (χ1v) is 7.24. The van der Waals surface area contributed by atoms with Gasteiger partial charge in [0.2, 0.25) is 0 Å². The van der Waals surface area contributed by atoms with Crippen LogP contribution in [0, 0.1) is 11.3 Å². The molecule has 2 heterocycles. The van der Waals surface area contributed by atoms with Gasteiger partial charge in [0.05, 0.1) is 31.4 Å². The van der Waals surface area contributed by atoms with E-state index in [2.05, 4.69) is 11.4 Å². The lowest BCUT2D eigenvalue weighted by molar-refractivity contribution is 0.113. The van der Waals surface area contributed by atoms with Crippen molar-refractivity contribution in [1.29, 1.82) is 5.26 Å². The van der Waals surface area contributed by atoms with Crippen molar-refractivity contribution in [2.75, 3.05) is 19.7 Å². The Morgan fingerprint density at radius 3 is 3.15 bits per heavy atom. The Labute approximate surface area is 124 Å². The molecule has 1 aromatic rings. The smallest absolute Gasteiger partial charge is 0.169 e. The molecule has 0 amide bonds. The predicted octanol–water partition coefficient (Wildman–Crippen LogP) is 2.05. The van der Waals surface area contributed by atoms with Gasteiger partial charge in [0.1, 0.15) is 5.76 Å². The molecule has 0 radical (unpaired) electrons. The minimum atomic E-state index is 0.245. The summed E-state index contributed by atoms with van der Waals surface area (Å²) in [5.74, 6) is 0.837. The minimum absolute atomic E-state index is 0.245. The largest absolute Gasteiger partial charge is 0.467 e. The van der Waals surface area contributed by atoms with E-state index in [4.69, 9.17) is 26.6 Å². The number of furan rings is 1. The molecule has 1 fully saturated rings. The van der Waals surface area contributed by atoms with Crippen LogP contribution in [-0.2, 0) is 11.3 Å². The Morgan fingerprint density at radius 1 is 1.60 bits per heavy atom. The molecule has 1 atom stereocenters. The summed E-state index contributed by atoms with van der Waals surface area (Å²) in [5, 5.41) is 12.6. The molecule has 1 aliphatic heterocycles. The fourth-order valence-corrected chi connectivity index (χ4v) is 2.39. The van der Waals surface area contributed by atoms with Gasteiger partial charge in [-0.2, -0.15) is 5.26 Å². The number of nitrogens with one attached hydrogen (secondary N) is 1. The molecule has 0 unspecified atom stereocenters. The Kier molecular flexibility index (Phi) is 5.84. The highest BCUT2D eigenvalue weighted by molar-refractivity contribution is 7.80. The molecule has 5 nitrogen and oxygen atoms in total. The molecular weight excluding hydrogens is 274 g/mol. The number of nitriles is 1. The Balaban J connectivity index is 1.84. The second-order valence-corrected chi connectivity index (χ2v) is 5.12. The predicted molar refractivity (Wildman–Crippen MR) is 78.9 cm³/mol. The number of rotatable bonds is 6. The fraction of sp³-hybridized carbons (Fsp3) is 0.571. The summed E-state index contributed by atoms with van der Waals surface area (Å²) >= 11 is 5.40. The zero-order chi connectivity index (χ0) is 14.2. The maximum Gasteiger partial charge on any atom is 0.169 e. The Morgan fingerprint density at radius 2 is 2.50 bits per heavy atom. The quantitative estimate of drug-likeness (QED) is 0.810. The lowest BCUT2D eigenvalue weighted by Gasteiger charge is -2.25. The summed E-state index contributed by atoms with van der Waals surface area (Å²) in [6.07, 6.45) is 4.51. The van der Waals surface area contributed by atoms with E-state index < -0.39 is 0 Å². The average Bonchev–Trinajstić information content (AvgIpc) is 3.13. The molecular formula is C14H19N3O2S. The number of hydrogen-bond acceptors (Lipinski definition) is 4. The van der Waals surface area contributed by atoms with E-state index in [0.29, 0.717) is 24.6 Å². The van der Waals surface area contributed by atoms with Crippen molar-refractivity contribution < 1.29 is 9.15 Å². The van der Waals surface area contributed by atoms with Crippen LogP contribution >= 0.6 is 12.2 Å². The normalized spacial score (nSPS) is 17.6. The van der Waals surface area contributed by atoms with Gasteiger partial charge in [-0.25, -0.2) is 0 Å². The van der Waals surface area contributed by atoms with Crippen molar-refractivity contribution in [2.24, 2.45) is 0 Å². The van der Waals surface area contributed by atoms with Crippen molar-refractivity contribution in [3.05, 3.63) is 24.2 Å². The monoisotopic (exact) mass is 293 g/mol. The van der Waals surface area contributed by atoms with Gasteiger partial charge in [-0.05, 0) is 37.2 Å². The maximum absolute atomic E-state index is 8.74. The molecule has 0 aliphatic carbocycles. The topological polar surface area (TPSA) is 61.4 Å². The standard InChI is InChI=1S/C14H19N3O2S/c15-6-3-7-17(11-13-5-2-9-19-13)14(20)16-10-12-4-1-8-18-12/h2,5,9,12H,1,3-4,7-8,10-11H2,(H,16,20)/t12-/m1/s1. The molecule has 1 saturated heterocycles. The van der Waals surface area contributed by atoms with Crippen LogP contribution in [0.25, 0.3) is 0 Å². The van der Waals surface area contributed by atoms with Gasteiger partial charge in [-0.3, -0.25) is 0 Å². The lowest BCUT2D eigenvalue weighted by atomic mass is 10.2. The Bertz CT molecular complexity index is 449. The van der Waals surface area contributed by atoms with Crippen LogP contribution < -0.4 is 5.32 Å². The van der Waals surface area contributed by atoms with Crippen molar-refractivity contribution in [2.45, 2.75) is 31.9 Å². The van der Waals surface area contributed by atoms with Gasteiger partial charge in [-0.1, -0.05) is 0 Å². The first-order valence-electron chi connectivity index (χ1n) is 6.83. The van der Waals surface area contributed by atoms with Gasteiger partial charge in [0.15, 0.2) is 5.11 Å². The molecule has 0 spiro atoms. The molecule has 6 heteroatoms. The first-order chi connectivity index (χ1) is 9.79. The van der Waals surface area contributed by atoms with Crippen molar-refractivity contribution >= 4 is 17.3 Å². The van der Waals surface area contributed by atoms with E-state index in [9.17, 15) is 0 Å². The lowest BCUT2D eigenvalue weighted by Crippen LogP contribution is -2.42. The third-order valence-electron chi connectivity index (χ3n) is 3.21. The minimum Gasteiger partial charge on any atom is -0.467 e. The summed E-state index contributed by atoms with van der Waals surface area (Å²) in [7, 11) is 0. The van der Waals surface area contributed by atoms with Gasteiger partial charge < -0.3 is 19.4 Å². The Hall–Kier alpha value is -1.58. The highest BCUT2D eigenvalue weighted by atomic mass is 32.1. The van der Waals surface area contributed by atoms with Crippen molar-refractivity contribution in [1.82, 2.24) is 10.2 Å². The van der Waals surface area contributed by atoms with E-state index in [-0.39, 0.29) is 6.10 Å². The summed E-state index contributed by atoms with van der Waals surface area (Å²) in [6, 6.07) is 5.90. The van der Waals surface area contributed by atoms with E-state index in [0.717, 1.165) is 31.8 Å². The van der Waals surface area contributed by atoms with Gasteiger partial charge in [0, 0.05) is 19.7 Å². The second kappa shape index (κ2) is 7.88. The van der Waals surface area contributed by atoms with Crippen molar-refractivity contribution in [3.8, 4) is 6.07 Å². The summed E-state index contributed by atoms with van der Waals surface area (Å²) in [5.41, 5.74) is 0. The molecule has 20 heavy (non-hydrogen) atoms. The SMILES string of the molecule is N#CCCN(Cc1ccco1)C(=S)NC[C@H]1CCCO1. The van der Waals surface area contributed by atoms with Crippen LogP contribution in [0.4, 0.5) is 0 Å². The molecule has 1 N–H and O–H groups in total. The molecule has 1 aliphatic rings. The maximum atomic E-state index is 8.74. The molecule has 2 rings (SSSR count). The van der Waals surface area contributed by atoms with Gasteiger partial charge in [-0.15, -0.1) is 0 Å². The van der Waals surface area contributed by atoms with Crippen LogP contribution in [0.3, 0.4) is 0 Å². The van der Waals surface area contributed by atoms with Gasteiger partial charge >= 0.3 is 0 Å². The van der Waals surface area contributed by atoms with Gasteiger partial charge in [0.25, 0.3) is 0 Å². The summed E-state index contributed by atoms with van der Waals surface area (Å²) in [4.78, 5) is 1.95. The summed E-state index contributed by atoms with van der Waals surface area (Å²) in [6.45, 7) is 2.73. The fourth-order valence-electron chi connectivity index (χ4n) is 2.15. The van der Waals surface area contributed by atoms with Crippen LogP contribution in [0.5, 0.6) is 0 Å². The zero-order valence-corrected chi connectivity index (χ0v) is 12.2. The summed E-state index contributed by atoms with van der Waals surface area (Å²) < 4.78 is 10.9. The highest BCUT2D eigenvalue weighted by Gasteiger charge is 2.17. The number of ether oxygens (including phenoxy) is 1. The molecule has 108 valence electrons. The van der Waals surface area contributed by atoms with E-state index in [1.807, 2.05) is 17.0 Å². The van der Waals surface area contributed by atoms with Crippen LogP contribution in [0.1, 0.15) is 25.0 Å². The average molecular weight is 293 g/mol. The van der Waals surface area contributed by atoms with Crippen LogP contribution in [0.15, 0.2) is 22.8 Å². The molecule has 0 aromatic carbocycles. The number of thiocarbonyl (C=S) groups is 1. The number of nitrogens with zero attached hydrogens (tertiary/aromatic N) is 2. The van der Waals surface area contributed by atoms with Crippen LogP contribution in [0.2, 0.25) is 0 Å². The van der Waals surface area contributed by atoms with E-state index in [1.54, 1.807) is 6.26 Å². The third kappa shape index (κ3) is 4.51. The molecule has 0 bridgehead atoms. The van der Waals surface area contributed by atoms with Crippen molar-refractivity contribution in [3.63, 3.8) is 0 Å². The third-order valence-corrected chi connectivity index (χ3v) is 3.62. The first kappa shape index (κ1) is 14.8. The number of hydrogen-bond donors (Lipinski definition) is 1. The molecule has 0 saturated carbocycles. The van der Waals surface area contributed by atoms with Crippen LogP contribution in [-0.4, -0.2) is 35.8 Å². The highest BCUT2D eigenvalue weighted by Crippen LogP contribution is 2.11. The van der Waals surface area contributed by atoms with E-state index in [1.165, 1.54) is 0 Å². The zero-order valence-electron chi connectivity index (χ0n) is 11.4. The van der Waals surface area contributed by atoms with E-state index >= 15 is 0 Å².